The van der Waals surface area contributed by atoms with Crippen LogP contribution in [0.2, 0.25) is 10.2 Å². The number of aromatic nitrogens is 5. The number of anilines is 1. The Balaban J connectivity index is 1.46. The van der Waals surface area contributed by atoms with E-state index in [1.165, 1.54) is 18.3 Å². The Hall–Kier alpha value is -3.74. The van der Waals surface area contributed by atoms with Crippen molar-refractivity contribution in [1.29, 1.82) is 0 Å². The van der Waals surface area contributed by atoms with Crippen LogP contribution in [0, 0.1) is 11.7 Å². The van der Waals surface area contributed by atoms with Crippen molar-refractivity contribution in [3.63, 3.8) is 0 Å². The molecular formula is C28H29Cl2FN8O3. The number of likely N-dealkylation sites (tertiary alicyclic amines) is 1. The second-order valence-electron chi connectivity index (χ2n) is 10.5. The molecule has 6 rings (SSSR count). The minimum Gasteiger partial charge on any atom is -0.458 e. The number of aromatic amines is 1. The molecule has 4 aromatic rings. The van der Waals surface area contributed by atoms with E-state index in [2.05, 4.69) is 40.6 Å². The van der Waals surface area contributed by atoms with Crippen LogP contribution in [-0.2, 0) is 4.79 Å². The Kier molecular flexibility index (Phi) is 7.77. The highest BCUT2D eigenvalue weighted by Crippen LogP contribution is 2.41. The van der Waals surface area contributed by atoms with Gasteiger partial charge < -0.3 is 24.2 Å². The van der Waals surface area contributed by atoms with E-state index < -0.39 is 5.82 Å². The van der Waals surface area contributed by atoms with Gasteiger partial charge >= 0.3 is 6.01 Å². The van der Waals surface area contributed by atoms with E-state index in [4.69, 9.17) is 42.6 Å². The first-order valence-corrected chi connectivity index (χ1v) is 14.4. The number of hydrogen-bond donors (Lipinski definition) is 1. The number of pyridine rings is 1. The predicted octanol–water partition coefficient (Wildman–Crippen LogP) is 4.69. The maximum absolute atomic E-state index is 14.7. The van der Waals surface area contributed by atoms with Gasteiger partial charge in [0.1, 0.15) is 33.4 Å². The number of H-pyrrole nitrogens is 1. The Bertz CT molecular complexity index is 1680. The maximum atomic E-state index is 14.7. The van der Waals surface area contributed by atoms with Crippen LogP contribution in [0.3, 0.4) is 0 Å². The number of fused-ring (bicyclic) bond motifs is 2. The summed E-state index contributed by atoms with van der Waals surface area (Å²) in [5.41, 5.74) is 0.723. The van der Waals surface area contributed by atoms with Gasteiger partial charge in [-0.25, -0.2) is 4.39 Å². The van der Waals surface area contributed by atoms with Crippen molar-refractivity contribution in [2.75, 3.05) is 51.2 Å². The van der Waals surface area contributed by atoms with E-state index in [0.29, 0.717) is 59.7 Å². The van der Waals surface area contributed by atoms with Crippen LogP contribution in [0.5, 0.6) is 17.6 Å². The number of amides is 1. The number of likely N-dealkylation sites (N-methyl/N-ethyl adjacent to an activating group) is 1. The quantitative estimate of drug-likeness (QED) is 0.234. The van der Waals surface area contributed by atoms with Crippen molar-refractivity contribution < 1.29 is 18.7 Å². The average Bonchev–Trinajstić information content (AvgIpc) is 3.60. The molecule has 0 radical (unpaired) electrons. The summed E-state index contributed by atoms with van der Waals surface area (Å²) in [6.45, 7) is 9.36. The molecule has 2 atom stereocenters. The number of piperazine rings is 1. The minimum absolute atomic E-state index is 0.0112. The number of nitrogens with zero attached hydrogens (tertiary/aromatic N) is 7. The van der Waals surface area contributed by atoms with Crippen molar-refractivity contribution in [2.45, 2.75) is 19.4 Å². The van der Waals surface area contributed by atoms with Crippen LogP contribution in [0.1, 0.15) is 13.3 Å². The third-order valence-electron chi connectivity index (χ3n) is 7.78. The van der Waals surface area contributed by atoms with Crippen molar-refractivity contribution in [1.82, 2.24) is 34.9 Å². The molecule has 2 fully saturated rings. The Morgan fingerprint density at radius 3 is 2.69 bits per heavy atom. The van der Waals surface area contributed by atoms with Crippen LogP contribution in [-0.4, -0.2) is 93.3 Å². The number of nitrogens with one attached hydrogen (secondary N) is 1. The number of benzene rings is 1. The van der Waals surface area contributed by atoms with E-state index in [9.17, 15) is 9.18 Å². The summed E-state index contributed by atoms with van der Waals surface area (Å²) >= 11 is 12.8. The highest BCUT2D eigenvalue weighted by atomic mass is 35.5. The number of carbonyl (C=O) groups is 1. The first-order valence-electron chi connectivity index (χ1n) is 13.6. The topological polar surface area (TPSA) is 113 Å². The van der Waals surface area contributed by atoms with Gasteiger partial charge in [-0.15, -0.1) is 0 Å². The molecule has 42 heavy (non-hydrogen) atoms. The molecule has 0 spiro atoms. The molecule has 0 saturated carbocycles. The molecule has 14 heteroatoms. The van der Waals surface area contributed by atoms with E-state index in [0.717, 1.165) is 19.5 Å². The lowest BCUT2D eigenvalue weighted by molar-refractivity contribution is -0.126. The molecule has 0 aliphatic carbocycles. The zero-order valence-electron chi connectivity index (χ0n) is 23.1. The first kappa shape index (κ1) is 28.4. The lowest BCUT2D eigenvalue weighted by Gasteiger charge is -2.35. The van der Waals surface area contributed by atoms with E-state index >= 15 is 0 Å². The molecule has 3 aromatic heterocycles. The number of rotatable bonds is 7. The number of carbonyl (C=O) groups excluding carboxylic acids is 1. The predicted molar refractivity (Wildman–Crippen MR) is 158 cm³/mol. The highest BCUT2D eigenvalue weighted by Gasteiger charge is 2.33. The molecular weight excluding hydrogens is 586 g/mol. The molecule has 220 valence electrons. The third-order valence-corrected chi connectivity index (χ3v) is 8.33. The lowest BCUT2D eigenvalue weighted by atomic mass is 10.0. The second-order valence-corrected chi connectivity index (χ2v) is 11.2. The normalized spacial score (nSPS) is 19.5. The number of hydrogen-bond acceptors (Lipinski definition) is 9. The molecule has 2 aliphatic rings. The zero-order chi connectivity index (χ0) is 29.5. The monoisotopic (exact) mass is 614 g/mol. The van der Waals surface area contributed by atoms with Gasteiger partial charge in [-0.3, -0.25) is 9.89 Å². The van der Waals surface area contributed by atoms with Crippen molar-refractivity contribution in [3.05, 3.63) is 47.0 Å². The number of halogens is 3. The fourth-order valence-electron chi connectivity index (χ4n) is 5.58. The fraction of sp³-hybridized carbons (Fsp3) is 0.393. The Morgan fingerprint density at radius 2 is 1.95 bits per heavy atom. The summed E-state index contributed by atoms with van der Waals surface area (Å²) in [5, 5.41) is 7.64. The fourth-order valence-corrected chi connectivity index (χ4v) is 5.96. The zero-order valence-corrected chi connectivity index (χ0v) is 24.6. The molecule has 11 nitrogen and oxygen atoms in total. The summed E-state index contributed by atoms with van der Waals surface area (Å²) < 4.78 is 27.3. The molecule has 0 bridgehead atoms. The average molecular weight is 615 g/mol. The van der Waals surface area contributed by atoms with Crippen molar-refractivity contribution >= 4 is 56.7 Å². The van der Waals surface area contributed by atoms with Gasteiger partial charge in [0.25, 0.3) is 0 Å². The summed E-state index contributed by atoms with van der Waals surface area (Å²) in [6, 6.07) is 3.06. The highest BCUT2D eigenvalue weighted by molar-refractivity contribution is 6.33. The van der Waals surface area contributed by atoms with E-state index in [1.807, 2.05) is 4.90 Å². The smallest absolute Gasteiger partial charge is 0.319 e. The summed E-state index contributed by atoms with van der Waals surface area (Å²) in [7, 11) is 2.06. The molecule has 1 aromatic carbocycles. The second kappa shape index (κ2) is 11.5. The van der Waals surface area contributed by atoms with Crippen molar-refractivity contribution in [2.24, 2.45) is 5.92 Å². The van der Waals surface area contributed by atoms with Gasteiger partial charge in [-0.2, -0.15) is 20.1 Å². The SMILES string of the molecule is C=CC(=O)N1CCN(c2nc(OC3CN(C)C[C@H]3CC)nc3c(Oc4c(Cl)c(F)cc5[nH]ncc45)nc(Cl)cc23)CC1. The molecule has 1 unspecified atom stereocenters. The standard InChI is InChI=1S/C28H29Cl2FN8O3/c1-4-15-13-37(3)14-20(15)41-28-34-24-16(26(35-28)39-8-6-38(7-9-39)22(40)5-2)10-21(29)33-27(24)42-25-17-12-32-36-19(17)11-18(31)23(25)30/h5,10-12,15,20H,2,4,6-9,13-14H2,1,3H3,(H,32,36)/t15-,20?/m1/s1. The van der Waals surface area contributed by atoms with Crippen LogP contribution >= 0.6 is 23.2 Å². The van der Waals surface area contributed by atoms with Crippen molar-refractivity contribution in [3.8, 4) is 17.6 Å². The van der Waals surface area contributed by atoms with Crippen LogP contribution in [0.25, 0.3) is 21.8 Å². The molecule has 2 saturated heterocycles. The molecule has 1 N–H and O–H groups in total. The summed E-state index contributed by atoms with van der Waals surface area (Å²) in [6.07, 6.45) is 3.64. The molecule has 1 amide bonds. The van der Waals surface area contributed by atoms with Gasteiger partial charge in [-0.1, -0.05) is 36.7 Å². The summed E-state index contributed by atoms with van der Waals surface area (Å²) in [5.74, 6) is 0.106. The third kappa shape index (κ3) is 5.30. The largest absolute Gasteiger partial charge is 0.458 e. The Morgan fingerprint density at radius 1 is 1.17 bits per heavy atom. The Labute approximate surface area is 251 Å². The van der Waals surface area contributed by atoms with Crippen LogP contribution < -0.4 is 14.4 Å². The minimum atomic E-state index is -0.683. The number of ether oxygens (including phenoxy) is 2. The van der Waals surface area contributed by atoms with Gasteiger partial charge in [0.15, 0.2) is 5.75 Å². The van der Waals surface area contributed by atoms with Gasteiger partial charge in [0.05, 0.1) is 22.5 Å². The summed E-state index contributed by atoms with van der Waals surface area (Å²) in [4.78, 5) is 32.2. The van der Waals surface area contributed by atoms with E-state index in [-0.39, 0.29) is 39.8 Å². The maximum Gasteiger partial charge on any atom is 0.319 e. The van der Waals surface area contributed by atoms with Crippen LogP contribution in [0.4, 0.5) is 10.2 Å². The van der Waals surface area contributed by atoms with Gasteiger partial charge in [0.2, 0.25) is 11.8 Å². The lowest BCUT2D eigenvalue weighted by Crippen LogP contribution is -2.48. The van der Waals surface area contributed by atoms with Gasteiger partial charge in [0, 0.05) is 51.3 Å². The molecule has 5 heterocycles. The molecule has 2 aliphatic heterocycles. The van der Waals surface area contributed by atoms with Crippen LogP contribution in [0.15, 0.2) is 31.0 Å². The van der Waals surface area contributed by atoms with Gasteiger partial charge in [-0.05, 0) is 25.6 Å². The van der Waals surface area contributed by atoms with E-state index in [1.54, 1.807) is 11.0 Å². The first-order chi connectivity index (χ1) is 20.2.